The van der Waals surface area contributed by atoms with E-state index >= 15 is 0 Å². The van der Waals surface area contributed by atoms with Gasteiger partial charge in [-0.2, -0.15) is 5.10 Å². The molecule has 0 radical (unpaired) electrons. The number of rotatable bonds is 3. The van der Waals surface area contributed by atoms with Crippen LogP contribution in [0.15, 0.2) is 43.0 Å². The van der Waals surface area contributed by atoms with Crippen LogP contribution in [0.25, 0.3) is 5.65 Å². The SMILES string of the molecule is OC[C@@H]1CC[C@H](c2cncc(F)c2)N1c1ccn2nccc2n1. The van der Waals surface area contributed by atoms with E-state index in [2.05, 4.69) is 20.0 Å². The van der Waals surface area contributed by atoms with E-state index in [4.69, 9.17) is 0 Å². The van der Waals surface area contributed by atoms with Crippen LogP contribution in [0, 0.1) is 5.82 Å². The Morgan fingerprint density at radius 3 is 3.00 bits per heavy atom. The van der Waals surface area contributed by atoms with Gasteiger partial charge in [0.1, 0.15) is 11.6 Å². The molecule has 1 aliphatic rings. The van der Waals surface area contributed by atoms with Crippen molar-refractivity contribution in [3.63, 3.8) is 0 Å². The number of hydrogen-bond acceptors (Lipinski definition) is 5. The fraction of sp³-hybridized carbons (Fsp3) is 0.312. The fourth-order valence-corrected chi connectivity index (χ4v) is 3.29. The summed E-state index contributed by atoms with van der Waals surface area (Å²) in [6.07, 6.45) is 8.05. The number of aromatic nitrogens is 4. The van der Waals surface area contributed by atoms with Crippen LogP contribution in [0.4, 0.5) is 10.2 Å². The molecular formula is C16H16FN5O. The van der Waals surface area contributed by atoms with Crippen molar-refractivity contribution >= 4 is 11.5 Å². The number of anilines is 1. The summed E-state index contributed by atoms with van der Waals surface area (Å²) < 4.78 is 15.2. The van der Waals surface area contributed by atoms with Gasteiger partial charge in [0.25, 0.3) is 0 Å². The number of hydrogen-bond donors (Lipinski definition) is 1. The lowest BCUT2D eigenvalue weighted by atomic mass is 10.1. The van der Waals surface area contributed by atoms with Gasteiger partial charge in [0.15, 0.2) is 5.65 Å². The van der Waals surface area contributed by atoms with E-state index in [9.17, 15) is 9.50 Å². The smallest absolute Gasteiger partial charge is 0.157 e. The van der Waals surface area contributed by atoms with Gasteiger partial charge in [-0.25, -0.2) is 13.9 Å². The standard InChI is InChI=1S/C16H16FN5O/c17-12-7-11(8-18-9-12)14-2-1-13(10-23)22(14)16-4-6-21-15(20-16)3-5-19-21/h3-9,13-14,23H,1-2,10H2/t13-,14+/m0/s1. The molecule has 0 amide bonds. The first-order chi connectivity index (χ1) is 11.3. The molecule has 1 saturated heterocycles. The molecule has 2 atom stereocenters. The van der Waals surface area contributed by atoms with Crippen LogP contribution in [0.5, 0.6) is 0 Å². The van der Waals surface area contributed by atoms with E-state index in [-0.39, 0.29) is 24.5 Å². The monoisotopic (exact) mass is 313 g/mol. The molecule has 1 N–H and O–H groups in total. The summed E-state index contributed by atoms with van der Waals surface area (Å²) >= 11 is 0. The van der Waals surface area contributed by atoms with Crippen LogP contribution in [-0.4, -0.2) is 37.3 Å². The quantitative estimate of drug-likeness (QED) is 0.801. The molecule has 0 saturated carbocycles. The van der Waals surface area contributed by atoms with Gasteiger partial charge in [0.2, 0.25) is 0 Å². The maximum Gasteiger partial charge on any atom is 0.157 e. The highest BCUT2D eigenvalue weighted by molar-refractivity contribution is 5.51. The van der Waals surface area contributed by atoms with Crippen molar-refractivity contribution in [2.45, 2.75) is 24.9 Å². The summed E-state index contributed by atoms with van der Waals surface area (Å²) in [6, 6.07) is 5.11. The topological polar surface area (TPSA) is 66.6 Å². The molecule has 3 aromatic rings. The van der Waals surface area contributed by atoms with Crippen molar-refractivity contribution in [3.8, 4) is 0 Å². The summed E-state index contributed by atoms with van der Waals surface area (Å²) in [7, 11) is 0. The number of halogens is 1. The molecule has 1 aliphatic heterocycles. The van der Waals surface area contributed by atoms with E-state index in [1.54, 1.807) is 16.9 Å². The zero-order valence-electron chi connectivity index (χ0n) is 12.4. The Balaban J connectivity index is 1.77. The van der Waals surface area contributed by atoms with E-state index in [1.165, 1.54) is 12.3 Å². The average molecular weight is 313 g/mol. The third kappa shape index (κ3) is 2.43. The number of aliphatic hydroxyl groups excluding tert-OH is 1. The highest BCUT2D eigenvalue weighted by Gasteiger charge is 2.35. The molecule has 3 aromatic heterocycles. The van der Waals surface area contributed by atoms with Crippen LogP contribution in [-0.2, 0) is 0 Å². The number of aliphatic hydroxyl groups is 1. The summed E-state index contributed by atoms with van der Waals surface area (Å²) in [5.41, 5.74) is 1.54. The van der Waals surface area contributed by atoms with Gasteiger partial charge in [-0.05, 0) is 30.5 Å². The van der Waals surface area contributed by atoms with Crippen LogP contribution >= 0.6 is 0 Å². The number of pyridine rings is 1. The minimum Gasteiger partial charge on any atom is -0.394 e. The molecule has 0 unspecified atom stereocenters. The first kappa shape index (κ1) is 14.1. The molecule has 6 nitrogen and oxygen atoms in total. The second-order valence-corrected chi connectivity index (χ2v) is 5.69. The van der Waals surface area contributed by atoms with Crippen molar-refractivity contribution in [1.82, 2.24) is 19.6 Å². The fourth-order valence-electron chi connectivity index (χ4n) is 3.29. The molecule has 0 bridgehead atoms. The predicted octanol–water partition coefficient (Wildman–Crippen LogP) is 1.97. The van der Waals surface area contributed by atoms with Gasteiger partial charge in [-0.3, -0.25) is 4.98 Å². The Morgan fingerprint density at radius 2 is 2.17 bits per heavy atom. The van der Waals surface area contributed by atoms with Gasteiger partial charge >= 0.3 is 0 Å². The summed E-state index contributed by atoms with van der Waals surface area (Å²) in [6.45, 7) is 0.0331. The Kier molecular flexibility index (Phi) is 3.42. The van der Waals surface area contributed by atoms with Gasteiger partial charge in [0.05, 0.1) is 31.1 Å². The molecule has 0 aliphatic carbocycles. The Labute approximate surface area is 132 Å². The molecule has 1 fully saturated rings. The third-order valence-electron chi connectivity index (χ3n) is 4.33. The third-order valence-corrected chi connectivity index (χ3v) is 4.33. The summed E-state index contributed by atoms with van der Waals surface area (Å²) in [5.74, 6) is 0.401. The van der Waals surface area contributed by atoms with E-state index in [0.29, 0.717) is 0 Å². The van der Waals surface area contributed by atoms with Crippen molar-refractivity contribution in [2.75, 3.05) is 11.5 Å². The first-order valence-electron chi connectivity index (χ1n) is 7.56. The van der Waals surface area contributed by atoms with Crippen LogP contribution in [0.1, 0.15) is 24.4 Å². The minimum atomic E-state index is -0.353. The molecule has 7 heteroatoms. The van der Waals surface area contributed by atoms with Gasteiger partial charge < -0.3 is 10.0 Å². The highest BCUT2D eigenvalue weighted by atomic mass is 19.1. The molecule has 0 spiro atoms. The lowest BCUT2D eigenvalue weighted by molar-refractivity contribution is 0.264. The van der Waals surface area contributed by atoms with E-state index in [1.807, 2.05) is 18.3 Å². The van der Waals surface area contributed by atoms with Crippen LogP contribution in [0.3, 0.4) is 0 Å². The largest absolute Gasteiger partial charge is 0.394 e. The normalized spacial score (nSPS) is 21.2. The maximum absolute atomic E-state index is 13.5. The minimum absolute atomic E-state index is 0.0331. The zero-order chi connectivity index (χ0) is 15.8. The van der Waals surface area contributed by atoms with E-state index in [0.717, 1.165) is 29.9 Å². The van der Waals surface area contributed by atoms with Crippen molar-refractivity contribution in [3.05, 3.63) is 54.4 Å². The van der Waals surface area contributed by atoms with Gasteiger partial charge in [0, 0.05) is 18.5 Å². The highest BCUT2D eigenvalue weighted by Crippen LogP contribution is 2.39. The van der Waals surface area contributed by atoms with Crippen molar-refractivity contribution < 1.29 is 9.50 Å². The Hall–Kier alpha value is -2.54. The predicted molar refractivity (Wildman–Crippen MR) is 82.5 cm³/mol. The van der Waals surface area contributed by atoms with Crippen LogP contribution < -0.4 is 4.90 Å². The van der Waals surface area contributed by atoms with E-state index < -0.39 is 0 Å². The lowest BCUT2D eigenvalue weighted by Gasteiger charge is -2.30. The molecular weight excluding hydrogens is 297 g/mol. The van der Waals surface area contributed by atoms with Crippen molar-refractivity contribution in [1.29, 1.82) is 0 Å². The molecule has 4 heterocycles. The second-order valence-electron chi connectivity index (χ2n) is 5.69. The van der Waals surface area contributed by atoms with Gasteiger partial charge in [-0.15, -0.1) is 0 Å². The second kappa shape index (κ2) is 5.58. The van der Waals surface area contributed by atoms with Crippen LogP contribution in [0.2, 0.25) is 0 Å². The van der Waals surface area contributed by atoms with Gasteiger partial charge in [-0.1, -0.05) is 0 Å². The summed E-state index contributed by atoms with van der Waals surface area (Å²) in [4.78, 5) is 10.6. The summed E-state index contributed by atoms with van der Waals surface area (Å²) in [5, 5.41) is 13.9. The number of nitrogens with zero attached hydrogens (tertiary/aromatic N) is 5. The number of fused-ring (bicyclic) bond motifs is 1. The lowest BCUT2D eigenvalue weighted by Crippen LogP contribution is -2.35. The molecule has 118 valence electrons. The van der Waals surface area contributed by atoms with Crippen molar-refractivity contribution in [2.24, 2.45) is 0 Å². The maximum atomic E-state index is 13.5. The molecule has 23 heavy (non-hydrogen) atoms. The average Bonchev–Trinajstić information content (AvgIpc) is 3.20. The first-order valence-corrected chi connectivity index (χ1v) is 7.56. The molecule has 0 aromatic carbocycles. The molecule has 4 rings (SSSR count). The Bertz CT molecular complexity index is 836. The Morgan fingerprint density at radius 1 is 1.26 bits per heavy atom. The zero-order valence-corrected chi connectivity index (χ0v) is 12.4.